The molecule has 0 saturated heterocycles. The van der Waals surface area contributed by atoms with Crippen LogP contribution in [0.15, 0.2) is 24.3 Å². The number of fused-ring (bicyclic) bond motifs is 2. The second-order valence-corrected chi connectivity index (χ2v) is 16.6. The fourth-order valence-electron chi connectivity index (χ4n) is 3.82. The third-order valence-corrected chi connectivity index (χ3v) is 7.48. The van der Waals surface area contributed by atoms with Gasteiger partial charge in [0.15, 0.2) is 23.0 Å². The van der Waals surface area contributed by atoms with Gasteiger partial charge in [-0.05, 0) is 46.5 Å². The summed E-state index contributed by atoms with van der Waals surface area (Å²) in [5, 5.41) is 0. The molecule has 4 nitrogen and oxygen atoms in total. The van der Waals surface area contributed by atoms with E-state index in [1.54, 1.807) is 28.4 Å². The molecule has 3 rings (SSSR count). The largest absolute Gasteiger partial charge is 0.493 e. The highest BCUT2D eigenvalue weighted by molar-refractivity contribution is 9.39. The summed E-state index contributed by atoms with van der Waals surface area (Å²) in [7, 11) is 6.57. The number of benzene rings is 2. The number of ether oxygens (including phenoxy) is 4. The third-order valence-electron chi connectivity index (χ3n) is 5.05. The number of rotatable bonds is 5. The molecule has 0 bridgehead atoms. The molecule has 2 aromatic rings. The Bertz CT molecular complexity index is 847. The third kappa shape index (κ3) is 4.36. The van der Waals surface area contributed by atoms with Crippen LogP contribution in [0.25, 0.3) is 0 Å². The van der Waals surface area contributed by atoms with Crippen molar-refractivity contribution < 1.29 is 18.9 Å². The SMILES string of the molecule is COc1cc2c(cc1OC)C(C(Br)(Br)Br)c1cc(OC)c(OC)cc1C2C(Br)Br. The molecule has 0 radical (unpaired) electrons. The smallest absolute Gasteiger partial charge is 0.161 e. The van der Waals surface area contributed by atoms with Gasteiger partial charge in [-0.2, -0.15) is 0 Å². The molecule has 1 aliphatic rings. The van der Waals surface area contributed by atoms with Gasteiger partial charge in [-0.3, -0.25) is 0 Å². The van der Waals surface area contributed by atoms with Gasteiger partial charge in [0, 0.05) is 11.8 Å². The van der Waals surface area contributed by atoms with Crippen LogP contribution in [0.1, 0.15) is 34.1 Å². The van der Waals surface area contributed by atoms with Crippen molar-refractivity contribution in [2.45, 2.75) is 17.7 Å². The van der Waals surface area contributed by atoms with E-state index in [9.17, 15) is 0 Å². The number of halogens is 5. The van der Waals surface area contributed by atoms with Crippen LogP contribution < -0.4 is 18.9 Å². The first-order chi connectivity index (χ1) is 13.7. The van der Waals surface area contributed by atoms with Crippen LogP contribution in [-0.4, -0.2) is 34.3 Å². The van der Waals surface area contributed by atoms with E-state index in [1.807, 2.05) is 24.3 Å². The lowest BCUT2D eigenvalue weighted by molar-refractivity contribution is 0.352. The van der Waals surface area contributed by atoms with Crippen molar-refractivity contribution in [1.82, 2.24) is 0 Å². The molecule has 0 unspecified atom stereocenters. The fourth-order valence-corrected chi connectivity index (χ4v) is 6.44. The van der Waals surface area contributed by atoms with Crippen molar-refractivity contribution >= 4 is 79.6 Å². The normalized spacial score (nSPS) is 18.1. The summed E-state index contributed by atoms with van der Waals surface area (Å²) in [5.41, 5.74) is 4.44. The lowest BCUT2D eigenvalue weighted by Crippen LogP contribution is -2.28. The van der Waals surface area contributed by atoms with Gasteiger partial charge in [0.1, 0.15) is 2.14 Å². The molecule has 0 saturated carbocycles. The second kappa shape index (κ2) is 9.27. The lowest BCUT2D eigenvalue weighted by atomic mass is 9.73. The molecule has 0 spiro atoms. The summed E-state index contributed by atoms with van der Waals surface area (Å²) in [6.07, 6.45) is 0. The summed E-state index contributed by atoms with van der Waals surface area (Å²) in [4.78, 5) is 0. The van der Waals surface area contributed by atoms with Gasteiger partial charge < -0.3 is 18.9 Å². The Morgan fingerprint density at radius 3 is 1.21 bits per heavy atom. The van der Waals surface area contributed by atoms with E-state index in [-0.39, 0.29) is 15.6 Å². The minimum absolute atomic E-state index is 0.00529. The van der Waals surface area contributed by atoms with Crippen molar-refractivity contribution in [3.63, 3.8) is 0 Å². The van der Waals surface area contributed by atoms with Crippen LogP contribution in [0.3, 0.4) is 0 Å². The van der Waals surface area contributed by atoms with Gasteiger partial charge in [-0.1, -0.05) is 79.6 Å². The van der Waals surface area contributed by atoms with Crippen LogP contribution in [0.2, 0.25) is 0 Å². The maximum Gasteiger partial charge on any atom is 0.161 e. The summed E-state index contributed by atoms with van der Waals surface area (Å²) in [5.74, 6) is 2.63. The lowest BCUT2D eigenvalue weighted by Gasteiger charge is -2.39. The monoisotopic (exact) mass is 718 g/mol. The van der Waals surface area contributed by atoms with E-state index >= 15 is 0 Å². The molecule has 0 N–H and O–H groups in total. The van der Waals surface area contributed by atoms with Crippen LogP contribution in [-0.2, 0) is 0 Å². The van der Waals surface area contributed by atoms with Crippen molar-refractivity contribution in [3.05, 3.63) is 46.5 Å². The topological polar surface area (TPSA) is 36.9 Å². The highest BCUT2D eigenvalue weighted by atomic mass is 80.0. The van der Waals surface area contributed by atoms with E-state index in [0.717, 1.165) is 22.3 Å². The van der Waals surface area contributed by atoms with E-state index < -0.39 is 2.14 Å². The van der Waals surface area contributed by atoms with E-state index in [4.69, 9.17) is 18.9 Å². The zero-order chi connectivity index (χ0) is 21.5. The highest BCUT2D eigenvalue weighted by Crippen LogP contribution is 2.59. The number of hydrogen-bond donors (Lipinski definition) is 0. The predicted molar refractivity (Wildman–Crippen MR) is 134 cm³/mol. The Balaban J connectivity index is 2.41. The predicted octanol–water partition coefficient (Wildman–Crippen LogP) is 7.25. The molecule has 0 atom stereocenters. The van der Waals surface area contributed by atoms with Gasteiger partial charge in [-0.25, -0.2) is 0 Å². The zero-order valence-corrected chi connectivity index (χ0v) is 24.0. The zero-order valence-electron chi connectivity index (χ0n) is 16.1. The minimum atomic E-state index is -0.588. The molecule has 2 aromatic carbocycles. The van der Waals surface area contributed by atoms with E-state index in [1.165, 1.54) is 0 Å². The molecule has 158 valence electrons. The maximum absolute atomic E-state index is 5.59. The second-order valence-electron chi connectivity index (χ2n) is 6.46. The first-order valence-corrected chi connectivity index (χ1v) is 12.7. The Kier molecular flexibility index (Phi) is 7.57. The Hall–Kier alpha value is 0.0400. The quantitative estimate of drug-likeness (QED) is 0.305. The van der Waals surface area contributed by atoms with Crippen molar-refractivity contribution in [2.75, 3.05) is 28.4 Å². The van der Waals surface area contributed by atoms with Gasteiger partial charge >= 0.3 is 0 Å². The molecule has 0 heterocycles. The molecule has 0 aliphatic heterocycles. The maximum atomic E-state index is 5.59. The van der Waals surface area contributed by atoms with Crippen LogP contribution in [0, 0.1) is 0 Å². The van der Waals surface area contributed by atoms with Gasteiger partial charge in [0.2, 0.25) is 0 Å². The molecular weight excluding hydrogens is 704 g/mol. The summed E-state index contributed by atoms with van der Waals surface area (Å²) in [6, 6.07) is 8.15. The Morgan fingerprint density at radius 1 is 0.655 bits per heavy atom. The first-order valence-electron chi connectivity index (χ1n) is 8.54. The average molecular weight is 723 g/mol. The number of hydrogen-bond acceptors (Lipinski definition) is 4. The number of alkyl halides is 5. The Morgan fingerprint density at radius 2 is 0.966 bits per heavy atom. The molecule has 9 heteroatoms. The molecule has 1 aliphatic carbocycles. The van der Waals surface area contributed by atoms with Crippen LogP contribution in [0.4, 0.5) is 0 Å². The molecule has 0 amide bonds. The van der Waals surface area contributed by atoms with Crippen molar-refractivity contribution in [2.24, 2.45) is 0 Å². The van der Waals surface area contributed by atoms with Crippen molar-refractivity contribution in [1.29, 1.82) is 0 Å². The van der Waals surface area contributed by atoms with Gasteiger partial charge in [0.05, 0.1) is 32.2 Å². The number of methoxy groups -OCH3 is 4. The highest BCUT2D eigenvalue weighted by Gasteiger charge is 2.44. The van der Waals surface area contributed by atoms with Crippen LogP contribution in [0.5, 0.6) is 23.0 Å². The molecule has 0 fully saturated rings. The molecular formula is C20H19Br5O4. The standard InChI is InChI=1S/C20H19Br5O4/c1-26-13-5-9-11(7-15(13)28-3)18(20(23,24)25)12-8-16(29-4)14(27-2)6-10(12)17(9)19(21)22/h5-8,17-19H,1-4H3. The summed E-state index contributed by atoms with van der Waals surface area (Å²) in [6.45, 7) is 0. The minimum Gasteiger partial charge on any atom is -0.493 e. The van der Waals surface area contributed by atoms with Crippen LogP contribution >= 0.6 is 79.6 Å². The summed E-state index contributed by atoms with van der Waals surface area (Å²) >= 11 is 18.8. The van der Waals surface area contributed by atoms with E-state index in [0.29, 0.717) is 23.0 Å². The average Bonchev–Trinajstić information content (AvgIpc) is 2.68. The fraction of sp³-hybridized carbons (Fsp3) is 0.400. The van der Waals surface area contributed by atoms with Gasteiger partial charge in [-0.15, -0.1) is 0 Å². The molecule has 29 heavy (non-hydrogen) atoms. The summed E-state index contributed by atoms with van der Waals surface area (Å²) < 4.78 is 21.7. The Labute approximate surface area is 212 Å². The van der Waals surface area contributed by atoms with Gasteiger partial charge in [0.25, 0.3) is 0 Å². The van der Waals surface area contributed by atoms with Crippen molar-refractivity contribution in [3.8, 4) is 23.0 Å². The van der Waals surface area contributed by atoms with E-state index in [2.05, 4.69) is 79.6 Å². The first kappa shape index (κ1) is 23.7. The molecule has 0 aromatic heterocycles.